The number of ether oxygens (including phenoxy) is 1. The number of halogens is 2. The van der Waals surface area contributed by atoms with E-state index in [-0.39, 0.29) is 5.91 Å². The molecule has 1 atom stereocenters. The third kappa shape index (κ3) is 4.23. The van der Waals surface area contributed by atoms with Crippen LogP contribution in [0.15, 0.2) is 46.9 Å². The zero-order valence-electron chi connectivity index (χ0n) is 11.6. The van der Waals surface area contributed by atoms with Crippen LogP contribution >= 0.6 is 27.5 Å². The van der Waals surface area contributed by atoms with Crippen LogP contribution in [0.1, 0.15) is 12.5 Å². The standard InChI is InChI=1S/C16H12BrClN2O2/c1-10(16(21)20-13-4-2-3-12(17)8-13)22-15-6-5-11(9-19)7-14(15)18/h2-8,10H,1H3,(H,20,21)/t10-/m0/s1. The Bertz CT molecular complexity index is 743. The molecular formula is C16H12BrClN2O2. The Morgan fingerprint density at radius 3 is 2.77 bits per heavy atom. The Kier molecular flexibility index (Phi) is 5.42. The summed E-state index contributed by atoms with van der Waals surface area (Å²) in [7, 11) is 0. The summed E-state index contributed by atoms with van der Waals surface area (Å²) in [6.45, 7) is 1.63. The number of anilines is 1. The van der Waals surface area contributed by atoms with Gasteiger partial charge in [-0.25, -0.2) is 0 Å². The fourth-order valence-electron chi connectivity index (χ4n) is 1.72. The molecule has 0 aromatic heterocycles. The number of nitriles is 1. The zero-order chi connectivity index (χ0) is 16.1. The SMILES string of the molecule is C[C@H](Oc1ccc(C#N)cc1Cl)C(=O)Nc1cccc(Br)c1. The highest BCUT2D eigenvalue weighted by Gasteiger charge is 2.16. The number of rotatable bonds is 4. The molecule has 1 amide bonds. The van der Waals surface area contributed by atoms with Gasteiger partial charge in [0.1, 0.15) is 5.75 Å². The van der Waals surface area contributed by atoms with Crippen molar-refractivity contribution in [2.75, 3.05) is 5.32 Å². The molecular weight excluding hydrogens is 368 g/mol. The molecule has 0 aliphatic heterocycles. The highest BCUT2D eigenvalue weighted by molar-refractivity contribution is 9.10. The monoisotopic (exact) mass is 378 g/mol. The Labute approximate surface area is 141 Å². The van der Waals surface area contributed by atoms with Gasteiger partial charge >= 0.3 is 0 Å². The maximum atomic E-state index is 12.1. The second-order valence-corrected chi connectivity index (χ2v) is 5.84. The molecule has 0 fully saturated rings. The minimum atomic E-state index is -0.732. The van der Waals surface area contributed by atoms with Crippen molar-refractivity contribution in [3.05, 3.63) is 57.5 Å². The lowest BCUT2D eigenvalue weighted by Crippen LogP contribution is -2.30. The Hall–Kier alpha value is -2.03. The molecule has 0 spiro atoms. The third-order valence-corrected chi connectivity index (χ3v) is 3.61. The number of carbonyl (C=O) groups is 1. The smallest absolute Gasteiger partial charge is 0.265 e. The lowest BCUT2D eigenvalue weighted by Gasteiger charge is -2.15. The molecule has 1 N–H and O–H groups in total. The molecule has 0 unspecified atom stereocenters. The molecule has 2 rings (SSSR count). The second kappa shape index (κ2) is 7.30. The van der Waals surface area contributed by atoms with Crippen LogP contribution in [0.4, 0.5) is 5.69 Å². The quantitative estimate of drug-likeness (QED) is 0.857. The van der Waals surface area contributed by atoms with Gasteiger partial charge in [-0.15, -0.1) is 0 Å². The van der Waals surface area contributed by atoms with E-state index in [9.17, 15) is 4.79 Å². The van der Waals surface area contributed by atoms with Crippen LogP contribution in [0, 0.1) is 11.3 Å². The fourth-order valence-corrected chi connectivity index (χ4v) is 2.34. The van der Waals surface area contributed by atoms with Crippen LogP contribution < -0.4 is 10.1 Å². The summed E-state index contributed by atoms with van der Waals surface area (Å²) in [5.41, 5.74) is 1.10. The maximum absolute atomic E-state index is 12.1. The Morgan fingerprint density at radius 2 is 2.14 bits per heavy atom. The number of nitrogens with one attached hydrogen (secondary N) is 1. The minimum Gasteiger partial charge on any atom is -0.479 e. The fraction of sp³-hybridized carbons (Fsp3) is 0.125. The molecule has 112 valence electrons. The van der Waals surface area contributed by atoms with E-state index in [1.54, 1.807) is 31.2 Å². The van der Waals surface area contributed by atoms with Crippen LogP contribution in [0.2, 0.25) is 5.02 Å². The molecule has 6 heteroatoms. The maximum Gasteiger partial charge on any atom is 0.265 e. The topological polar surface area (TPSA) is 62.1 Å². The number of nitrogens with zero attached hydrogens (tertiary/aromatic N) is 1. The van der Waals surface area contributed by atoms with Crippen LogP contribution in [0.5, 0.6) is 5.75 Å². The summed E-state index contributed by atoms with van der Waals surface area (Å²) in [4.78, 5) is 12.1. The first kappa shape index (κ1) is 16.3. The molecule has 2 aromatic carbocycles. The summed E-state index contributed by atoms with van der Waals surface area (Å²) in [5, 5.41) is 11.8. The lowest BCUT2D eigenvalue weighted by molar-refractivity contribution is -0.122. The zero-order valence-corrected chi connectivity index (χ0v) is 14.0. The highest BCUT2D eigenvalue weighted by Crippen LogP contribution is 2.26. The summed E-state index contributed by atoms with van der Waals surface area (Å²) in [5.74, 6) is 0.0658. The summed E-state index contributed by atoms with van der Waals surface area (Å²) < 4.78 is 6.41. The third-order valence-electron chi connectivity index (χ3n) is 2.83. The van der Waals surface area contributed by atoms with E-state index in [0.29, 0.717) is 22.0 Å². The van der Waals surface area contributed by atoms with Crippen LogP contribution in [0.25, 0.3) is 0 Å². The van der Waals surface area contributed by atoms with Gasteiger partial charge in [0.25, 0.3) is 5.91 Å². The molecule has 2 aromatic rings. The van der Waals surface area contributed by atoms with Gasteiger partial charge in [0.15, 0.2) is 6.10 Å². The summed E-state index contributed by atoms with van der Waals surface area (Å²) in [6.07, 6.45) is -0.732. The van der Waals surface area contributed by atoms with Gasteiger partial charge in [-0.3, -0.25) is 4.79 Å². The van der Waals surface area contributed by atoms with E-state index in [1.165, 1.54) is 6.07 Å². The number of carbonyl (C=O) groups excluding carboxylic acids is 1. The van der Waals surface area contributed by atoms with Crippen LogP contribution in [-0.2, 0) is 4.79 Å². The molecule has 0 saturated heterocycles. The molecule has 0 aliphatic rings. The van der Waals surface area contributed by atoms with E-state index in [4.69, 9.17) is 21.6 Å². The van der Waals surface area contributed by atoms with Crippen molar-refractivity contribution in [2.24, 2.45) is 0 Å². The van der Waals surface area contributed by atoms with Gasteiger partial charge in [-0.05, 0) is 43.3 Å². The first-order valence-corrected chi connectivity index (χ1v) is 7.59. The minimum absolute atomic E-state index is 0.293. The van der Waals surface area contributed by atoms with Gasteiger partial charge in [-0.1, -0.05) is 33.6 Å². The molecule has 22 heavy (non-hydrogen) atoms. The van der Waals surface area contributed by atoms with Gasteiger partial charge < -0.3 is 10.1 Å². The normalized spacial score (nSPS) is 11.4. The number of amides is 1. The average Bonchev–Trinajstić information content (AvgIpc) is 2.49. The van der Waals surface area contributed by atoms with Crippen molar-refractivity contribution in [2.45, 2.75) is 13.0 Å². The number of hydrogen-bond acceptors (Lipinski definition) is 3. The molecule has 0 heterocycles. The van der Waals surface area contributed by atoms with Crippen LogP contribution in [-0.4, -0.2) is 12.0 Å². The van der Waals surface area contributed by atoms with E-state index in [1.807, 2.05) is 18.2 Å². The second-order valence-electron chi connectivity index (χ2n) is 4.52. The number of hydrogen-bond donors (Lipinski definition) is 1. The van der Waals surface area contributed by atoms with Gasteiger partial charge in [0, 0.05) is 10.2 Å². The van der Waals surface area contributed by atoms with Gasteiger partial charge in [0.05, 0.1) is 16.7 Å². The lowest BCUT2D eigenvalue weighted by atomic mass is 10.2. The van der Waals surface area contributed by atoms with Crippen molar-refractivity contribution in [1.82, 2.24) is 0 Å². The van der Waals surface area contributed by atoms with E-state index < -0.39 is 6.10 Å². The van der Waals surface area contributed by atoms with E-state index >= 15 is 0 Å². The molecule has 0 aliphatic carbocycles. The van der Waals surface area contributed by atoms with E-state index in [0.717, 1.165) is 4.47 Å². The number of benzene rings is 2. The van der Waals surface area contributed by atoms with Crippen molar-refractivity contribution in [3.63, 3.8) is 0 Å². The molecule has 0 bridgehead atoms. The van der Waals surface area contributed by atoms with Crippen LogP contribution in [0.3, 0.4) is 0 Å². The highest BCUT2D eigenvalue weighted by atomic mass is 79.9. The summed E-state index contributed by atoms with van der Waals surface area (Å²) >= 11 is 9.36. The predicted octanol–water partition coefficient (Wildman–Crippen LogP) is 4.38. The summed E-state index contributed by atoms with van der Waals surface area (Å²) in [6, 6.07) is 13.9. The molecule has 4 nitrogen and oxygen atoms in total. The van der Waals surface area contributed by atoms with Crippen molar-refractivity contribution >= 4 is 39.1 Å². The van der Waals surface area contributed by atoms with Gasteiger partial charge in [0.2, 0.25) is 0 Å². The van der Waals surface area contributed by atoms with Gasteiger partial charge in [-0.2, -0.15) is 5.26 Å². The van der Waals surface area contributed by atoms with Crippen molar-refractivity contribution in [1.29, 1.82) is 5.26 Å². The average molecular weight is 380 g/mol. The van der Waals surface area contributed by atoms with Crippen molar-refractivity contribution in [3.8, 4) is 11.8 Å². The van der Waals surface area contributed by atoms with Crippen molar-refractivity contribution < 1.29 is 9.53 Å². The first-order chi connectivity index (χ1) is 10.5. The Morgan fingerprint density at radius 1 is 1.36 bits per heavy atom. The molecule has 0 saturated carbocycles. The first-order valence-electron chi connectivity index (χ1n) is 6.42. The van der Waals surface area contributed by atoms with E-state index in [2.05, 4.69) is 21.2 Å². The Balaban J connectivity index is 2.04. The largest absolute Gasteiger partial charge is 0.479 e. The predicted molar refractivity (Wildman–Crippen MR) is 89.0 cm³/mol. The molecule has 0 radical (unpaired) electrons.